The Kier molecular flexibility index (Phi) is 9.85. The van der Waals surface area contributed by atoms with Gasteiger partial charge < -0.3 is 10.6 Å². The zero-order valence-corrected chi connectivity index (χ0v) is 15.0. The third-order valence-corrected chi connectivity index (χ3v) is 5.03. The lowest BCUT2D eigenvalue weighted by Crippen LogP contribution is -2.30. The number of hydrogen-bond donors (Lipinski definition) is 2. The fraction of sp³-hybridized carbons (Fsp3) is 0.462. The maximum absolute atomic E-state index is 12.0. The van der Waals surface area contributed by atoms with Crippen LogP contribution < -0.4 is 10.6 Å². The van der Waals surface area contributed by atoms with Crippen LogP contribution >= 0.6 is 28.3 Å². The monoisotopic (exact) mass is 398 g/mol. The van der Waals surface area contributed by atoms with Crippen molar-refractivity contribution in [3.05, 3.63) is 28.7 Å². The van der Waals surface area contributed by atoms with E-state index < -0.39 is 9.84 Å². The molecule has 0 aliphatic rings. The molecule has 0 aliphatic heterocycles. The van der Waals surface area contributed by atoms with E-state index in [1.165, 1.54) is 0 Å². The van der Waals surface area contributed by atoms with Crippen molar-refractivity contribution in [2.45, 2.75) is 17.7 Å². The van der Waals surface area contributed by atoms with E-state index in [0.717, 1.165) is 4.47 Å². The van der Waals surface area contributed by atoms with E-state index in [4.69, 9.17) is 0 Å². The molecule has 0 aliphatic carbocycles. The van der Waals surface area contributed by atoms with Crippen LogP contribution in [0.2, 0.25) is 0 Å². The van der Waals surface area contributed by atoms with Crippen molar-refractivity contribution in [1.29, 1.82) is 0 Å². The summed E-state index contributed by atoms with van der Waals surface area (Å²) in [7, 11) is -1.51. The highest BCUT2D eigenvalue weighted by Crippen LogP contribution is 2.16. The van der Waals surface area contributed by atoms with Gasteiger partial charge in [0.05, 0.1) is 10.6 Å². The van der Waals surface area contributed by atoms with Crippen LogP contribution in [-0.2, 0) is 14.6 Å². The maximum Gasteiger partial charge on any atom is 0.220 e. The molecule has 1 aromatic carbocycles. The predicted molar refractivity (Wildman–Crippen MR) is 89.6 cm³/mol. The zero-order valence-electron chi connectivity index (χ0n) is 11.8. The Morgan fingerprint density at radius 3 is 2.38 bits per heavy atom. The SMILES string of the molecule is CNCCNC(=O)CCCS(=O)(=O)c1ccc(Br)cc1.Cl. The van der Waals surface area contributed by atoms with Gasteiger partial charge in [-0.1, -0.05) is 15.9 Å². The molecule has 0 fully saturated rings. The fourth-order valence-corrected chi connectivity index (χ4v) is 3.17. The Morgan fingerprint density at radius 1 is 1.19 bits per heavy atom. The molecule has 0 saturated heterocycles. The highest BCUT2D eigenvalue weighted by molar-refractivity contribution is 9.10. The van der Waals surface area contributed by atoms with Gasteiger partial charge in [-0.15, -0.1) is 12.4 Å². The van der Waals surface area contributed by atoms with Crippen molar-refractivity contribution in [2.75, 3.05) is 25.9 Å². The first kappa shape index (κ1) is 20.4. The van der Waals surface area contributed by atoms with Crippen LogP contribution in [0.4, 0.5) is 0 Å². The molecule has 21 heavy (non-hydrogen) atoms. The minimum absolute atomic E-state index is 0. The second-order valence-corrected chi connectivity index (χ2v) is 7.35. The van der Waals surface area contributed by atoms with Crippen LogP contribution in [0.3, 0.4) is 0 Å². The Balaban J connectivity index is 0.00000400. The van der Waals surface area contributed by atoms with Gasteiger partial charge in [-0.2, -0.15) is 0 Å². The van der Waals surface area contributed by atoms with Crippen molar-refractivity contribution in [1.82, 2.24) is 10.6 Å². The van der Waals surface area contributed by atoms with Crippen LogP contribution in [0.25, 0.3) is 0 Å². The smallest absolute Gasteiger partial charge is 0.220 e. The number of nitrogens with one attached hydrogen (secondary N) is 2. The third-order valence-electron chi connectivity index (χ3n) is 2.69. The van der Waals surface area contributed by atoms with E-state index in [2.05, 4.69) is 26.6 Å². The summed E-state index contributed by atoms with van der Waals surface area (Å²) in [6.45, 7) is 1.25. The van der Waals surface area contributed by atoms with E-state index in [1.807, 2.05) is 0 Å². The van der Waals surface area contributed by atoms with Crippen molar-refractivity contribution < 1.29 is 13.2 Å². The lowest BCUT2D eigenvalue weighted by molar-refractivity contribution is -0.121. The molecular formula is C13H20BrClN2O3S. The number of amides is 1. The lowest BCUT2D eigenvalue weighted by Gasteiger charge is -2.06. The van der Waals surface area contributed by atoms with Crippen LogP contribution in [0.5, 0.6) is 0 Å². The Bertz CT molecular complexity index is 535. The molecule has 0 saturated carbocycles. The minimum atomic E-state index is -3.31. The van der Waals surface area contributed by atoms with Crippen molar-refractivity contribution >= 4 is 44.1 Å². The van der Waals surface area contributed by atoms with Gasteiger partial charge in [-0.05, 0) is 37.7 Å². The molecule has 1 amide bonds. The number of rotatable bonds is 8. The number of carbonyl (C=O) groups is 1. The number of halogens is 2. The molecule has 0 radical (unpaired) electrons. The second kappa shape index (κ2) is 10.2. The molecule has 0 atom stereocenters. The van der Waals surface area contributed by atoms with Gasteiger partial charge in [-0.3, -0.25) is 4.79 Å². The fourth-order valence-electron chi connectivity index (χ4n) is 1.60. The van der Waals surface area contributed by atoms with Gasteiger partial charge in [0.1, 0.15) is 0 Å². The number of carbonyl (C=O) groups excluding carboxylic acids is 1. The molecule has 0 spiro atoms. The van der Waals surface area contributed by atoms with Crippen molar-refractivity contribution in [3.8, 4) is 0 Å². The number of likely N-dealkylation sites (N-methyl/N-ethyl adjacent to an activating group) is 1. The van der Waals surface area contributed by atoms with E-state index >= 15 is 0 Å². The van der Waals surface area contributed by atoms with Crippen LogP contribution in [-0.4, -0.2) is 40.2 Å². The molecule has 0 unspecified atom stereocenters. The molecule has 5 nitrogen and oxygen atoms in total. The Labute approximate surface area is 140 Å². The Morgan fingerprint density at radius 2 is 1.81 bits per heavy atom. The molecule has 8 heteroatoms. The van der Waals surface area contributed by atoms with Gasteiger partial charge >= 0.3 is 0 Å². The third kappa shape index (κ3) is 7.80. The summed E-state index contributed by atoms with van der Waals surface area (Å²) in [5, 5.41) is 5.63. The molecule has 1 rings (SSSR count). The van der Waals surface area contributed by atoms with E-state index in [0.29, 0.717) is 19.5 Å². The minimum Gasteiger partial charge on any atom is -0.355 e. The lowest BCUT2D eigenvalue weighted by atomic mass is 10.3. The van der Waals surface area contributed by atoms with Crippen LogP contribution in [0.15, 0.2) is 33.6 Å². The Hall–Kier alpha value is -0.630. The average Bonchev–Trinajstić information content (AvgIpc) is 2.39. The number of sulfone groups is 1. The van der Waals surface area contributed by atoms with Gasteiger partial charge in [0, 0.05) is 24.0 Å². The normalized spacial score (nSPS) is 10.8. The first-order chi connectivity index (χ1) is 9.45. The standard InChI is InChI=1S/C13H19BrN2O3S.ClH/c1-15-8-9-16-13(17)3-2-10-20(18,19)12-6-4-11(14)5-7-12;/h4-7,15H,2-3,8-10H2,1H3,(H,16,17);1H. The van der Waals surface area contributed by atoms with E-state index in [9.17, 15) is 13.2 Å². The molecule has 0 aromatic heterocycles. The average molecular weight is 400 g/mol. The highest BCUT2D eigenvalue weighted by atomic mass is 79.9. The predicted octanol–water partition coefficient (Wildman–Crippen LogP) is 1.76. The van der Waals surface area contributed by atoms with Crippen LogP contribution in [0.1, 0.15) is 12.8 Å². The van der Waals surface area contributed by atoms with E-state index in [-0.39, 0.29) is 35.4 Å². The summed E-state index contributed by atoms with van der Waals surface area (Å²) in [6.07, 6.45) is 0.545. The van der Waals surface area contributed by atoms with Crippen molar-refractivity contribution in [2.24, 2.45) is 0 Å². The first-order valence-electron chi connectivity index (χ1n) is 6.35. The summed E-state index contributed by atoms with van der Waals surface area (Å²) in [5.41, 5.74) is 0. The molecule has 120 valence electrons. The van der Waals surface area contributed by atoms with E-state index in [1.54, 1.807) is 31.3 Å². The van der Waals surface area contributed by atoms with Gasteiger partial charge in [0.25, 0.3) is 0 Å². The molecule has 0 bridgehead atoms. The molecule has 2 N–H and O–H groups in total. The van der Waals surface area contributed by atoms with Gasteiger partial charge in [0.2, 0.25) is 5.91 Å². The molecular weight excluding hydrogens is 380 g/mol. The number of hydrogen-bond acceptors (Lipinski definition) is 4. The topological polar surface area (TPSA) is 75.3 Å². The summed E-state index contributed by atoms with van der Waals surface area (Å²) in [5.74, 6) is -0.139. The summed E-state index contributed by atoms with van der Waals surface area (Å²) in [6, 6.07) is 6.51. The summed E-state index contributed by atoms with van der Waals surface area (Å²) < 4.78 is 24.9. The largest absolute Gasteiger partial charge is 0.355 e. The summed E-state index contributed by atoms with van der Waals surface area (Å²) >= 11 is 3.26. The number of benzene rings is 1. The zero-order chi connectivity index (χ0) is 15.0. The van der Waals surface area contributed by atoms with Crippen molar-refractivity contribution in [3.63, 3.8) is 0 Å². The maximum atomic E-state index is 12.0. The summed E-state index contributed by atoms with van der Waals surface area (Å²) in [4.78, 5) is 11.7. The van der Waals surface area contributed by atoms with Gasteiger partial charge in [0.15, 0.2) is 9.84 Å². The van der Waals surface area contributed by atoms with Crippen LogP contribution in [0, 0.1) is 0 Å². The van der Waals surface area contributed by atoms with Gasteiger partial charge in [-0.25, -0.2) is 8.42 Å². The quantitative estimate of drug-likeness (QED) is 0.653. The molecule has 1 aromatic rings. The highest BCUT2D eigenvalue weighted by Gasteiger charge is 2.14. The first-order valence-corrected chi connectivity index (χ1v) is 8.80. The molecule has 0 heterocycles. The second-order valence-electron chi connectivity index (χ2n) is 4.33.